The summed E-state index contributed by atoms with van der Waals surface area (Å²) in [5.41, 5.74) is 2.29. The smallest absolute Gasteiger partial charge is 0.0787 e. The highest BCUT2D eigenvalue weighted by molar-refractivity contribution is 5.49. The molecule has 0 radical (unpaired) electrons. The van der Waals surface area contributed by atoms with Crippen molar-refractivity contribution in [1.82, 2.24) is 4.90 Å². The first kappa shape index (κ1) is 14.8. The molecule has 2 atom stereocenters. The van der Waals surface area contributed by atoms with Crippen LogP contribution in [-0.4, -0.2) is 55.4 Å². The van der Waals surface area contributed by atoms with Crippen molar-refractivity contribution in [2.75, 3.05) is 44.3 Å². The SMILES string of the molecule is CCC(O)c1ccc(N2CCC(N3CCOCC3)C2)cc1. The maximum absolute atomic E-state index is 9.87. The van der Waals surface area contributed by atoms with Gasteiger partial charge < -0.3 is 14.7 Å². The van der Waals surface area contributed by atoms with Crippen molar-refractivity contribution < 1.29 is 9.84 Å². The van der Waals surface area contributed by atoms with Crippen molar-refractivity contribution in [2.45, 2.75) is 31.9 Å². The van der Waals surface area contributed by atoms with Crippen molar-refractivity contribution in [1.29, 1.82) is 0 Å². The van der Waals surface area contributed by atoms with Crippen LogP contribution in [0, 0.1) is 0 Å². The lowest BCUT2D eigenvalue weighted by molar-refractivity contribution is 0.0209. The first-order valence-electron chi connectivity index (χ1n) is 8.12. The Morgan fingerprint density at radius 2 is 1.90 bits per heavy atom. The highest BCUT2D eigenvalue weighted by atomic mass is 16.5. The number of aliphatic hydroxyl groups is 1. The normalized spacial score (nSPS) is 25.2. The van der Waals surface area contributed by atoms with E-state index in [0.717, 1.165) is 51.4 Å². The zero-order valence-electron chi connectivity index (χ0n) is 12.9. The van der Waals surface area contributed by atoms with E-state index < -0.39 is 0 Å². The predicted octanol–water partition coefficient (Wildman–Crippen LogP) is 2.04. The Labute approximate surface area is 127 Å². The Balaban J connectivity index is 1.60. The van der Waals surface area contributed by atoms with Crippen LogP contribution in [0.4, 0.5) is 5.69 Å². The second-order valence-electron chi connectivity index (χ2n) is 6.05. The molecule has 2 fully saturated rings. The van der Waals surface area contributed by atoms with E-state index in [9.17, 15) is 5.11 Å². The summed E-state index contributed by atoms with van der Waals surface area (Å²) in [4.78, 5) is 5.03. The van der Waals surface area contributed by atoms with Crippen LogP contribution < -0.4 is 4.90 Å². The number of aliphatic hydroxyl groups excluding tert-OH is 1. The highest BCUT2D eigenvalue weighted by Crippen LogP contribution is 2.25. The number of morpholine rings is 1. The minimum absolute atomic E-state index is 0.335. The van der Waals surface area contributed by atoms with E-state index in [1.165, 1.54) is 12.1 Å². The summed E-state index contributed by atoms with van der Waals surface area (Å²) < 4.78 is 5.44. The number of nitrogens with zero attached hydrogens (tertiary/aromatic N) is 2. The number of benzene rings is 1. The van der Waals surface area contributed by atoms with Gasteiger partial charge in [-0.25, -0.2) is 0 Å². The number of rotatable bonds is 4. The number of anilines is 1. The van der Waals surface area contributed by atoms with E-state index in [4.69, 9.17) is 4.74 Å². The Hall–Kier alpha value is -1.10. The van der Waals surface area contributed by atoms with Gasteiger partial charge in [0.05, 0.1) is 19.3 Å². The monoisotopic (exact) mass is 290 g/mol. The Bertz CT molecular complexity index is 443. The Morgan fingerprint density at radius 3 is 2.57 bits per heavy atom. The average Bonchev–Trinajstić information content (AvgIpc) is 3.05. The summed E-state index contributed by atoms with van der Waals surface area (Å²) in [6.45, 7) is 8.12. The predicted molar refractivity (Wildman–Crippen MR) is 84.7 cm³/mol. The van der Waals surface area contributed by atoms with E-state index in [1.54, 1.807) is 0 Å². The first-order chi connectivity index (χ1) is 10.3. The molecule has 4 nitrogen and oxygen atoms in total. The van der Waals surface area contributed by atoms with Gasteiger partial charge in [-0.1, -0.05) is 19.1 Å². The second kappa shape index (κ2) is 6.77. The Kier molecular flexibility index (Phi) is 4.78. The van der Waals surface area contributed by atoms with Crippen molar-refractivity contribution in [3.05, 3.63) is 29.8 Å². The van der Waals surface area contributed by atoms with Crippen LogP contribution in [0.5, 0.6) is 0 Å². The van der Waals surface area contributed by atoms with Gasteiger partial charge in [-0.05, 0) is 30.5 Å². The minimum atomic E-state index is -0.335. The molecule has 116 valence electrons. The van der Waals surface area contributed by atoms with E-state index in [1.807, 2.05) is 6.92 Å². The zero-order chi connectivity index (χ0) is 14.7. The van der Waals surface area contributed by atoms with Gasteiger partial charge in [-0.2, -0.15) is 0 Å². The highest BCUT2D eigenvalue weighted by Gasteiger charge is 2.28. The molecule has 1 aromatic rings. The van der Waals surface area contributed by atoms with Crippen LogP contribution in [0.25, 0.3) is 0 Å². The molecule has 0 aromatic heterocycles. The molecule has 2 heterocycles. The molecular formula is C17H26N2O2. The topological polar surface area (TPSA) is 35.9 Å². The van der Waals surface area contributed by atoms with E-state index in [-0.39, 0.29) is 6.10 Å². The van der Waals surface area contributed by atoms with Crippen LogP contribution in [0.1, 0.15) is 31.4 Å². The van der Waals surface area contributed by atoms with Crippen molar-refractivity contribution >= 4 is 5.69 Å². The lowest BCUT2D eigenvalue weighted by Gasteiger charge is -2.32. The van der Waals surface area contributed by atoms with Gasteiger partial charge in [0, 0.05) is 37.9 Å². The molecule has 2 saturated heterocycles. The lowest BCUT2D eigenvalue weighted by Crippen LogP contribution is -2.44. The molecule has 3 rings (SSSR count). The fourth-order valence-electron chi connectivity index (χ4n) is 3.36. The molecule has 0 aliphatic carbocycles. The minimum Gasteiger partial charge on any atom is -0.388 e. The van der Waals surface area contributed by atoms with E-state index in [0.29, 0.717) is 6.04 Å². The summed E-state index contributed by atoms with van der Waals surface area (Å²) in [5.74, 6) is 0. The first-order valence-corrected chi connectivity index (χ1v) is 8.12. The van der Waals surface area contributed by atoms with E-state index >= 15 is 0 Å². The molecule has 0 amide bonds. The second-order valence-corrected chi connectivity index (χ2v) is 6.05. The molecule has 2 aliphatic heterocycles. The average molecular weight is 290 g/mol. The maximum atomic E-state index is 9.87. The van der Waals surface area contributed by atoms with Gasteiger partial charge >= 0.3 is 0 Å². The largest absolute Gasteiger partial charge is 0.388 e. The van der Waals surface area contributed by atoms with Crippen LogP contribution >= 0.6 is 0 Å². The molecule has 0 spiro atoms. The van der Waals surface area contributed by atoms with Crippen molar-refractivity contribution in [2.24, 2.45) is 0 Å². The van der Waals surface area contributed by atoms with Crippen LogP contribution in [0.2, 0.25) is 0 Å². The number of ether oxygens (including phenoxy) is 1. The lowest BCUT2D eigenvalue weighted by atomic mass is 10.1. The van der Waals surface area contributed by atoms with Gasteiger partial charge in [-0.3, -0.25) is 4.90 Å². The molecule has 1 aromatic carbocycles. The van der Waals surface area contributed by atoms with Gasteiger partial charge in [-0.15, -0.1) is 0 Å². The molecule has 0 bridgehead atoms. The van der Waals surface area contributed by atoms with Gasteiger partial charge in [0.2, 0.25) is 0 Å². The van der Waals surface area contributed by atoms with Crippen LogP contribution in [0.3, 0.4) is 0 Å². The standard InChI is InChI=1S/C17H26N2O2/c1-2-17(20)14-3-5-15(6-4-14)19-8-7-16(13-19)18-9-11-21-12-10-18/h3-6,16-17,20H,2,7-13H2,1H3. The molecule has 21 heavy (non-hydrogen) atoms. The summed E-state index contributed by atoms with van der Waals surface area (Å²) in [7, 11) is 0. The summed E-state index contributed by atoms with van der Waals surface area (Å²) >= 11 is 0. The van der Waals surface area contributed by atoms with Gasteiger partial charge in [0.15, 0.2) is 0 Å². The molecule has 4 heteroatoms. The third-order valence-corrected chi connectivity index (χ3v) is 4.76. The molecular weight excluding hydrogens is 264 g/mol. The third kappa shape index (κ3) is 3.39. The fraction of sp³-hybridized carbons (Fsp3) is 0.647. The zero-order valence-corrected chi connectivity index (χ0v) is 12.9. The van der Waals surface area contributed by atoms with Crippen LogP contribution in [-0.2, 0) is 4.74 Å². The molecule has 1 N–H and O–H groups in total. The molecule has 2 unspecified atom stereocenters. The quantitative estimate of drug-likeness (QED) is 0.920. The third-order valence-electron chi connectivity index (χ3n) is 4.76. The number of hydrogen-bond acceptors (Lipinski definition) is 4. The van der Waals surface area contributed by atoms with E-state index in [2.05, 4.69) is 34.1 Å². The fourth-order valence-corrected chi connectivity index (χ4v) is 3.36. The molecule has 2 aliphatic rings. The van der Waals surface area contributed by atoms with Gasteiger partial charge in [0.25, 0.3) is 0 Å². The van der Waals surface area contributed by atoms with Crippen molar-refractivity contribution in [3.8, 4) is 0 Å². The number of hydrogen-bond donors (Lipinski definition) is 1. The summed E-state index contributed by atoms with van der Waals surface area (Å²) in [5, 5.41) is 9.87. The van der Waals surface area contributed by atoms with Crippen LogP contribution in [0.15, 0.2) is 24.3 Å². The Morgan fingerprint density at radius 1 is 1.19 bits per heavy atom. The van der Waals surface area contributed by atoms with Gasteiger partial charge in [0.1, 0.15) is 0 Å². The summed E-state index contributed by atoms with van der Waals surface area (Å²) in [6.07, 6.45) is 1.67. The van der Waals surface area contributed by atoms with Crippen molar-refractivity contribution in [3.63, 3.8) is 0 Å². The summed E-state index contributed by atoms with van der Waals surface area (Å²) in [6, 6.07) is 9.08. The maximum Gasteiger partial charge on any atom is 0.0787 e. The molecule has 0 saturated carbocycles.